The molecule has 2 aromatic rings. The van der Waals surface area contributed by atoms with E-state index in [9.17, 15) is 0 Å². The molecule has 0 bridgehead atoms. The minimum absolute atomic E-state index is 0.107. The number of aryl methyl sites for hydroxylation is 1. The molecule has 2 aromatic heterocycles. The normalized spacial score (nSPS) is 11.8. The van der Waals surface area contributed by atoms with Crippen molar-refractivity contribution in [3.8, 4) is 0 Å². The Labute approximate surface area is 114 Å². The summed E-state index contributed by atoms with van der Waals surface area (Å²) in [7, 11) is 0. The zero-order valence-electron chi connectivity index (χ0n) is 12.1. The molecular formula is C15H22N4. The SMILES string of the molecule is Cc1cccnc1Cn1cncc1CNC(C)(C)C. The quantitative estimate of drug-likeness (QED) is 0.916. The average Bonchev–Trinajstić information content (AvgIpc) is 2.76. The first-order valence-corrected chi connectivity index (χ1v) is 6.60. The first-order chi connectivity index (χ1) is 8.96. The van der Waals surface area contributed by atoms with E-state index in [1.165, 1.54) is 11.3 Å². The first kappa shape index (κ1) is 13.7. The van der Waals surface area contributed by atoms with Gasteiger partial charge in [-0.05, 0) is 39.3 Å². The van der Waals surface area contributed by atoms with Gasteiger partial charge < -0.3 is 9.88 Å². The van der Waals surface area contributed by atoms with Crippen molar-refractivity contribution >= 4 is 0 Å². The van der Waals surface area contributed by atoms with Crippen molar-refractivity contribution in [3.63, 3.8) is 0 Å². The molecule has 0 spiro atoms. The third-order valence-electron chi connectivity index (χ3n) is 3.04. The van der Waals surface area contributed by atoms with Gasteiger partial charge in [0.2, 0.25) is 0 Å². The van der Waals surface area contributed by atoms with Gasteiger partial charge in [-0.1, -0.05) is 6.07 Å². The zero-order chi connectivity index (χ0) is 13.9. The molecule has 0 aliphatic heterocycles. The lowest BCUT2D eigenvalue weighted by Crippen LogP contribution is -2.35. The fourth-order valence-corrected chi connectivity index (χ4v) is 1.84. The van der Waals surface area contributed by atoms with E-state index in [2.05, 4.69) is 53.6 Å². The van der Waals surface area contributed by atoms with Crippen molar-refractivity contribution in [2.75, 3.05) is 0 Å². The number of pyridine rings is 1. The van der Waals surface area contributed by atoms with Crippen LogP contribution in [0.5, 0.6) is 0 Å². The number of hydrogen-bond donors (Lipinski definition) is 1. The molecule has 0 saturated carbocycles. The number of imidazole rings is 1. The molecule has 0 aliphatic carbocycles. The van der Waals surface area contributed by atoms with Crippen molar-refractivity contribution in [1.29, 1.82) is 0 Å². The van der Waals surface area contributed by atoms with Crippen LogP contribution < -0.4 is 5.32 Å². The highest BCUT2D eigenvalue weighted by Crippen LogP contribution is 2.09. The summed E-state index contributed by atoms with van der Waals surface area (Å²) in [5, 5.41) is 3.48. The molecular weight excluding hydrogens is 236 g/mol. The number of rotatable bonds is 4. The van der Waals surface area contributed by atoms with Crippen LogP contribution in [0.2, 0.25) is 0 Å². The van der Waals surface area contributed by atoms with Gasteiger partial charge >= 0.3 is 0 Å². The highest BCUT2D eigenvalue weighted by atomic mass is 15.1. The van der Waals surface area contributed by atoms with Crippen LogP contribution in [-0.4, -0.2) is 20.1 Å². The summed E-state index contributed by atoms with van der Waals surface area (Å²) in [6.07, 6.45) is 5.62. The fraction of sp³-hybridized carbons (Fsp3) is 0.467. The van der Waals surface area contributed by atoms with Crippen molar-refractivity contribution in [3.05, 3.63) is 47.8 Å². The van der Waals surface area contributed by atoms with Crippen LogP contribution in [0.15, 0.2) is 30.9 Å². The molecule has 1 N–H and O–H groups in total. The Morgan fingerprint density at radius 1 is 1.32 bits per heavy atom. The third kappa shape index (κ3) is 3.89. The predicted octanol–water partition coefficient (Wildman–Crippen LogP) is 2.52. The molecule has 0 atom stereocenters. The molecule has 4 heteroatoms. The monoisotopic (exact) mass is 258 g/mol. The van der Waals surface area contributed by atoms with Crippen molar-refractivity contribution in [2.24, 2.45) is 0 Å². The van der Waals surface area contributed by atoms with E-state index in [0.29, 0.717) is 0 Å². The smallest absolute Gasteiger partial charge is 0.0952 e. The van der Waals surface area contributed by atoms with Crippen LogP contribution in [0.1, 0.15) is 37.7 Å². The summed E-state index contributed by atoms with van der Waals surface area (Å²) in [6, 6.07) is 4.06. The second-order valence-corrected chi connectivity index (χ2v) is 5.88. The number of hydrogen-bond acceptors (Lipinski definition) is 3. The van der Waals surface area contributed by atoms with Crippen LogP contribution in [0.25, 0.3) is 0 Å². The fourth-order valence-electron chi connectivity index (χ4n) is 1.84. The largest absolute Gasteiger partial charge is 0.327 e. The predicted molar refractivity (Wildman–Crippen MR) is 76.9 cm³/mol. The highest BCUT2D eigenvalue weighted by Gasteiger charge is 2.11. The lowest BCUT2D eigenvalue weighted by Gasteiger charge is -2.21. The van der Waals surface area contributed by atoms with Crippen molar-refractivity contribution in [2.45, 2.75) is 46.3 Å². The minimum Gasteiger partial charge on any atom is -0.327 e. The van der Waals surface area contributed by atoms with E-state index in [-0.39, 0.29) is 5.54 Å². The van der Waals surface area contributed by atoms with Gasteiger partial charge in [-0.2, -0.15) is 0 Å². The Morgan fingerprint density at radius 2 is 2.11 bits per heavy atom. The molecule has 4 nitrogen and oxygen atoms in total. The topological polar surface area (TPSA) is 42.7 Å². The number of aromatic nitrogens is 3. The Balaban J connectivity index is 2.10. The van der Waals surface area contributed by atoms with E-state index < -0.39 is 0 Å². The Morgan fingerprint density at radius 3 is 2.79 bits per heavy atom. The Kier molecular flexibility index (Phi) is 4.00. The van der Waals surface area contributed by atoms with Gasteiger partial charge in [0.05, 0.1) is 24.3 Å². The van der Waals surface area contributed by atoms with Gasteiger partial charge in [0.1, 0.15) is 0 Å². The molecule has 0 aliphatic rings. The number of nitrogens with zero attached hydrogens (tertiary/aromatic N) is 3. The maximum absolute atomic E-state index is 4.43. The van der Waals surface area contributed by atoms with Crippen LogP contribution >= 0.6 is 0 Å². The van der Waals surface area contributed by atoms with Crippen molar-refractivity contribution < 1.29 is 0 Å². The van der Waals surface area contributed by atoms with E-state index >= 15 is 0 Å². The molecule has 0 unspecified atom stereocenters. The second kappa shape index (κ2) is 5.53. The molecule has 0 amide bonds. The molecule has 2 heterocycles. The van der Waals surface area contributed by atoms with E-state index in [4.69, 9.17) is 0 Å². The lowest BCUT2D eigenvalue weighted by molar-refractivity contribution is 0.416. The maximum Gasteiger partial charge on any atom is 0.0952 e. The van der Waals surface area contributed by atoms with Gasteiger partial charge in [-0.3, -0.25) is 4.98 Å². The maximum atomic E-state index is 4.43. The van der Waals surface area contributed by atoms with E-state index in [1.807, 2.05) is 24.8 Å². The van der Waals surface area contributed by atoms with Gasteiger partial charge in [-0.25, -0.2) is 4.98 Å². The molecule has 0 radical (unpaired) electrons. The summed E-state index contributed by atoms with van der Waals surface area (Å²) >= 11 is 0. The standard InChI is InChI=1S/C15H22N4/c1-12-6-5-7-17-14(12)10-19-11-16-8-13(19)9-18-15(2,3)4/h5-8,11,18H,9-10H2,1-4H3. The summed E-state index contributed by atoms with van der Waals surface area (Å²) in [6.45, 7) is 10.2. The molecule has 0 saturated heterocycles. The minimum atomic E-state index is 0.107. The average molecular weight is 258 g/mol. The molecule has 19 heavy (non-hydrogen) atoms. The first-order valence-electron chi connectivity index (χ1n) is 6.60. The van der Waals surface area contributed by atoms with Crippen LogP contribution in [0, 0.1) is 6.92 Å². The van der Waals surface area contributed by atoms with E-state index in [1.54, 1.807) is 0 Å². The van der Waals surface area contributed by atoms with Gasteiger partial charge in [0.25, 0.3) is 0 Å². The molecule has 102 valence electrons. The second-order valence-electron chi connectivity index (χ2n) is 5.88. The molecule has 0 aromatic carbocycles. The van der Waals surface area contributed by atoms with E-state index in [0.717, 1.165) is 18.8 Å². The van der Waals surface area contributed by atoms with Crippen molar-refractivity contribution in [1.82, 2.24) is 19.9 Å². The lowest BCUT2D eigenvalue weighted by atomic mass is 10.1. The molecule has 0 fully saturated rings. The third-order valence-corrected chi connectivity index (χ3v) is 3.04. The van der Waals surface area contributed by atoms with Crippen LogP contribution in [0.3, 0.4) is 0 Å². The van der Waals surface area contributed by atoms with Crippen LogP contribution in [-0.2, 0) is 13.1 Å². The van der Waals surface area contributed by atoms with Gasteiger partial charge in [0, 0.05) is 24.5 Å². The summed E-state index contributed by atoms with van der Waals surface area (Å²) < 4.78 is 2.15. The summed E-state index contributed by atoms with van der Waals surface area (Å²) in [4.78, 5) is 8.68. The van der Waals surface area contributed by atoms with Crippen LogP contribution in [0.4, 0.5) is 0 Å². The highest BCUT2D eigenvalue weighted by molar-refractivity contribution is 5.18. The Bertz CT molecular complexity index is 537. The zero-order valence-corrected chi connectivity index (χ0v) is 12.1. The number of nitrogens with one attached hydrogen (secondary N) is 1. The summed E-state index contributed by atoms with van der Waals surface area (Å²) in [5.41, 5.74) is 3.60. The summed E-state index contributed by atoms with van der Waals surface area (Å²) in [5.74, 6) is 0. The van der Waals surface area contributed by atoms with Gasteiger partial charge in [-0.15, -0.1) is 0 Å². The van der Waals surface area contributed by atoms with Gasteiger partial charge in [0.15, 0.2) is 0 Å². The molecule has 2 rings (SSSR count). The Hall–Kier alpha value is -1.68.